The third-order valence-corrected chi connectivity index (χ3v) is 4.28. The van der Waals surface area contributed by atoms with E-state index >= 15 is 0 Å². The Morgan fingerprint density at radius 3 is 2.80 bits per heavy atom. The van der Waals surface area contributed by atoms with Crippen LogP contribution in [0.2, 0.25) is 0 Å². The van der Waals surface area contributed by atoms with E-state index in [1.54, 1.807) is 12.1 Å². The number of sulfone groups is 1. The molecule has 1 aliphatic heterocycles. The summed E-state index contributed by atoms with van der Waals surface area (Å²) in [4.78, 5) is 22.8. The van der Waals surface area contributed by atoms with Gasteiger partial charge in [-0.3, -0.25) is 14.9 Å². The smallest absolute Gasteiger partial charge is 0.231 e. The van der Waals surface area contributed by atoms with Crippen molar-refractivity contribution >= 4 is 27.3 Å². The van der Waals surface area contributed by atoms with Crippen molar-refractivity contribution in [3.8, 4) is 0 Å². The SMILES string of the molecule is CS(=O)(=O)c1cccc(NCC2CCC(=O)NC2=O)c1.[HH].[HH]. The maximum absolute atomic E-state index is 11.6. The van der Waals surface area contributed by atoms with Gasteiger partial charge in [0.05, 0.1) is 10.8 Å². The Bertz CT molecular complexity index is 649. The molecule has 1 aromatic carbocycles. The van der Waals surface area contributed by atoms with Crippen molar-refractivity contribution in [2.24, 2.45) is 5.92 Å². The minimum absolute atomic E-state index is 0. The monoisotopic (exact) mass is 300 g/mol. The summed E-state index contributed by atoms with van der Waals surface area (Å²) in [6.45, 7) is 0.367. The van der Waals surface area contributed by atoms with E-state index in [0.29, 0.717) is 25.1 Å². The van der Waals surface area contributed by atoms with Gasteiger partial charge < -0.3 is 5.32 Å². The Balaban J connectivity index is 0.00000220. The molecule has 112 valence electrons. The van der Waals surface area contributed by atoms with Gasteiger partial charge in [-0.05, 0) is 24.6 Å². The lowest BCUT2D eigenvalue weighted by Gasteiger charge is -2.21. The Morgan fingerprint density at radius 2 is 2.15 bits per heavy atom. The summed E-state index contributed by atoms with van der Waals surface area (Å²) in [5, 5.41) is 5.32. The molecule has 1 aromatic rings. The van der Waals surface area contributed by atoms with Gasteiger partial charge >= 0.3 is 0 Å². The summed E-state index contributed by atoms with van der Waals surface area (Å²) >= 11 is 0. The molecule has 0 saturated carbocycles. The summed E-state index contributed by atoms with van der Waals surface area (Å²) in [5.41, 5.74) is 0.637. The fourth-order valence-corrected chi connectivity index (χ4v) is 2.68. The summed E-state index contributed by atoms with van der Waals surface area (Å²) < 4.78 is 22.9. The zero-order chi connectivity index (χ0) is 14.8. The molecule has 6 nitrogen and oxygen atoms in total. The quantitative estimate of drug-likeness (QED) is 0.811. The molecule has 7 heteroatoms. The Kier molecular flexibility index (Phi) is 4.08. The van der Waals surface area contributed by atoms with E-state index in [2.05, 4.69) is 10.6 Å². The Morgan fingerprint density at radius 1 is 1.40 bits per heavy atom. The van der Waals surface area contributed by atoms with E-state index in [4.69, 9.17) is 0 Å². The van der Waals surface area contributed by atoms with E-state index in [1.807, 2.05) is 0 Å². The Labute approximate surface area is 120 Å². The first kappa shape index (κ1) is 14.5. The molecule has 1 fully saturated rings. The molecule has 2 N–H and O–H groups in total. The molecule has 1 atom stereocenters. The number of carbonyl (C=O) groups excluding carboxylic acids is 2. The van der Waals surface area contributed by atoms with Crippen molar-refractivity contribution in [1.29, 1.82) is 0 Å². The van der Waals surface area contributed by atoms with Crippen LogP contribution in [-0.4, -0.2) is 33.0 Å². The number of carbonyl (C=O) groups is 2. The molecule has 1 saturated heterocycles. The van der Waals surface area contributed by atoms with Gasteiger partial charge in [-0.1, -0.05) is 6.07 Å². The first-order valence-corrected chi connectivity index (χ1v) is 8.13. The highest BCUT2D eigenvalue weighted by molar-refractivity contribution is 7.90. The van der Waals surface area contributed by atoms with Crippen LogP contribution in [-0.2, 0) is 19.4 Å². The fraction of sp³-hybridized carbons (Fsp3) is 0.385. The topological polar surface area (TPSA) is 92.3 Å². The van der Waals surface area contributed by atoms with E-state index in [0.717, 1.165) is 6.26 Å². The van der Waals surface area contributed by atoms with E-state index in [9.17, 15) is 18.0 Å². The molecule has 1 aliphatic rings. The molecular formula is C13H20N2O4S. The lowest BCUT2D eigenvalue weighted by molar-refractivity contribution is -0.135. The molecule has 20 heavy (non-hydrogen) atoms. The van der Waals surface area contributed by atoms with Crippen LogP contribution < -0.4 is 10.6 Å². The molecule has 0 aromatic heterocycles. The normalized spacial score (nSPS) is 19.6. The van der Waals surface area contributed by atoms with Crippen molar-refractivity contribution in [2.45, 2.75) is 17.7 Å². The molecule has 0 spiro atoms. The van der Waals surface area contributed by atoms with Crippen LogP contribution in [0.15, 0.2) is 29.2 Å². The summed E-state index contributed by atoms with van der Waals surface area (Å²) in [7, 11) is -3.25. The number of nitrogens with one attached hydrogen (secondary N) is 2. The Hall–Kier alpha value is -1.89. The number of rotatable bonds is 4. The molecular weight excluding hydrogens is 280 g/mol. The third-order valence-electron chi connectivity index (χ3n) is 3.17. The maximum atomic E-state index is 11.6. The van der Waals surface area contributed by atoms with Gasteiger partial charge in [0.25, 0.3) is 0 Å². The highest BCUT2D eigenvalue weighted by Gasteiger charge is 2.26. The van der Waals surface area contributed by atoms with Gasteiger partial charge in [-0.15, -0.1) is 0 Å². The minimum atomic E-state index is -3.25. The first-order valence-electron chi connectivity index (χ1n) is 6.24. The molecule has 0 aliphatic carbocycles. The van der Waals surface area contributed by atoms with E-state index in [-0.39, 0.29) is 25.5 Å². The second-order valence-corrected chi connectivity index (χ2v) is 6.84. The third kappa shape index (κ3) is 3.57. The molecule has 0 bridgehead atoms. The second kappa shape index (κ2) is 5.62. The van der Waals surface area contributed by atoms with Crippen LogP contribution in [0.5, 0.6) is 0 Å². The van der Waals surface area contributed by atoms with Crippen LogP contribution in [0.25, 0.3) is 0 Å². The van der Waals surface area contributed by atoms with Gasteiger partial charge in [-0.2, -0.15) is 0 Å². The molecule has 0 radical (unpaired) electrons. The first-order chi connectivity index (χ1) is 9.36. The highest BCUT2D eigenvalue weighted by atomic mass is 32.2. The van der Waals surface area contributed by atoms with Crippen molar-refractivity contribution in [2.75, 3.05) is 18.1 Å². The zero-order valence-corrected chi connectivity index (χ0v) is 11.9. The fourth-order valence-electron chi connectivity index (χ4n) is 2.01. The summed E-state index contributed by atoms with van der Waals surface area (Å²) in [5.74, 6) is -0.812. The van der Waals surface area contributed by atoms with Gasteiger partial charge in [0, 0.05) is 27.8 Å². The molecule has 1 unspecified atom stereocenters. The van der Waals surface area contributed by atoms with Crippen molar-refractivity contribution < 1.29 is 20.9 Å². The van der Waals surface area contributed by atoms with E-state index < -0.39 is 9.84 Å². The van der Waals surface area contributed by atoms with Crippen LogP contribution >= 0.6 is 0 Å². The van der Waals surface area contributed by atoms with Crippen LogP contribution in [0.4, 0.5) is 5.69 Å². The average molecular weight is 300 g/mol. The summed E-state index contributed by atoms with van der Waals surface area (Å²) in [6.07, 6.45) is 1.98. The number of anilines is 1. The lowest BCUT2D eigenvalue weighted by atomic mass is 9.98. The lowest BCUT2D eigenvalue weighted by Crippen LogP contribution is -2.43. The standard InChI is InChI=1S/C13H16N2O4S.2H2/c1-20(18,19)11-4-2-3-10(7-11)14-8-9-5-6-12(16)15-13(9)17;;/h2-4,7,9,14H,5-6,8H2,1H3,(H,15,16,17);2*1H. The number of benzene rings is 1. The van der Waals surface area contributed by atoms with Gasteiger partial charge in [0.2, 0.25) is 11.8 Å². The molecule has 1 heterocycles. The number of hydrogen-bond donors (Lipinski definition) is 2. The number of piperidine rings is 1. The van der Waals surface area contributed by atoms with Crippen molar-refractivity contribution in [3.63, 3.8) is 0 Å². The van der Waals surface area contributed by atoms with Crippen LogP contribution in [0.3, 0.4) is 0 Å². The van der Waals surface area contributed by atoms with Gasteiger partial charge in [0.15, 0.2) is 9.84 Å². The largest absolute Gasteiger partial charge is 0.384 e. The van der Waals surface area contributed by atoms with Gasteiger partial charge in [-0.25, -0.2) is 8.42 Å². The van der Waals surface area contributed by atoms with Crippen LogP contribution in [0.1, 0.15) is 15.7 Å². The maximum Gasteiger partial charge on any atom is 0.231 e. The van der Waals surface area contributed by atoms with Gasteiger partial charge in [0.1, 0.15) is 0 Å². The second-order valence-electron chi connectivity index (χ2n) is 4.83. The van der Waals surface area contributed by atoms with Crippen molar-refractivity contribution in [1.82, 2.24) is 5.32 Å². The molecule has 2 amide bonds. The minimum Gasteiger partial charge on any atom is -0.384 e. The van der Waals surface area contributed by atoms with Crippen molar-refractivity contribution in [3.05, 3.63) is 24.3 Å². The highest BCUT2D eigenvalue weighted by Crippen LogP contribution is 2.17. The number of amides is 2. The predicted molar refractivity (Wildman–Crippen MR) is 78.1 cm³/mol. The average Bonchev–Trinajstić information content (AvgIpc) is 2.37. The van der Waals surface area contributed by atoms with E-state index in [1.165, 1.54) is 12.1 Å². The predicted octanol–water partition coefficient (Wildman–Crippen LogP) is 1.05. The number of imide groups is 1. The van der Waals surface area contributed by atoms with Crippen LogP contribution in [0, 0.1) is 5.92 Å². The summed E-state index contributed by atoms with van der Waals surface area (Å²) in [6, 6.07) is 6.43. The molecule has 2 rings (SSSR count). The number of hydrogen-bond acceptors (Lipinski definition) is 5. The zero-order valence-electron chi connectivity index (χ0n) is 11.0.